The smallest absolute Gasteiger partial charge is 0.409 e. The number of aliphatic hydroxyl groups is 1. The van der Waals surface area contributed by atoms with Gasteiger partial charge in [0.25, 0.3) is 0 Å². The maximum absolute atomic E-state index is 11.4. The van der Waals surface area contributed by atoms with Crippen LogP contribution in [0.5, 0.6) is 0 Å². The van der Waals surface area contributed by atoms with E-state index in [9.17, 15) is 4.79 Å². The fourth-order valence-corrected chi connectivity index (χ4v) is 1.44. The molecule has 0 aromatic rings. The molecular weight excluding hydrogens is 184 g/mol. The van der Waals surface area contributed by atoms with Crippen LogP contribution in [0.25, 0.3) is 0 Å². The number of piperazine rings is 1. The molecule has 1 amide bonds. The van der Waals surface area contributed by atoms with Gasteiger partial charge in [-0.15, -0.1) is 0 Å². The average molecular weight is 202 g/mol. The zero-order valence-electron chi connectivity index (χ0n) is 8.77. The van der Waals surface area contributed by atoms with Gasteiger partial charge in [-0.05, 0) is 14.0 Å². The summed E-state index contributed by atoms with van der Waals surface area (Å²) in [6.45, 7) is 4.31. The van der Waals surface area contributed by atoms with Crippen molar-refractivity contribution in [3.05, 3.63) is 0 Å². The summed E-state index contributed by atoms with van der Waals surface area (Å²) in [6.07, 6.45) is -0.320. The van der Waals surface area contributed by atoms with Gasteiger partial charge >= 0.3 is 6.09 Å². The molecule has 1 unspecified atom stereocenters. The third-order valence-electron chi connectivity index (χ3n) is 2.53. The number of amides is 1. The van der Waals surface area contributed by atoms with Crippen LogP contribution in [0.2, 0.25) is 0 Å². The Hall–Kier alpha value is -0.810. The lowest BCUT2D eigenvalue weighted by Gasteiger charge is -2.36. The largest absolute Gasteiger partial charge is 0.447 e. The Kier molecular flexibility index (Phi) is 4.16. The Morgan fingerprint density at radius 1 is 1.57 bits per heavy atom. The van der Waals surface area contributed by atoms with Crippen LogP contribution < -0.4 is 0 Å². The van der Waals surface area contributed by atoms with Gasteiger partial charge in [0, 0.05) is 25.7 Å². The first-order chi connectivity index (χ1) is 6.65. The second-order valence-electron chi connectivity index (χ2n) is 3.61. The minimum absolute atomic E-state index is 0.0829. The van der Waals surface area contributed by atoms with Gasteiger partial charge in [0.15, 0.2) is 0 Å². The molecule has 0 radical (unpaired) electrons. The molecule has 1 N–H and O–H groups in total. The highest BCUT2D eigenvalue weighted by molar-refractivity contribution is 5.67. The summed E-state index contributed by atoms with van der Waals surface area (Å²) in [5.74, 6) is 0. The lowest BCUT2D eigenvalue weighted by molar-refractivity contribution is 0.0549. The SMILES string of the molecule is CC1CN(C(=O)OCCO)CCN1C. The number of carbonyl (C=O) groups excluding carboxylic acids is 1. The number of likely N-dealkylation sites (N-methyl/N-ethyl adjacent to an activating group) is 1. The number of aliphatic hydroxyl groups excluding tert-OH is 1. The molecule has 5 nitrogen and oxygen atoms in total. The van der Waals surface area contributed by atoms with Crippen molar-refractivity contribution in [1.82, 2.24) is 9.80 Å². The molecule has 0 aromatic heterocycles. The van der Waals surface area contributed by atoms with Gasteiger partial charge in [-0.3, -0.25) is 0 Å². The molecule has 1 atom stereocenters. The molecule has 0 aromatic carbocycles. The van der Waals surface area contributed by atoms with Gasteiger partial charge in [0.05, 0.1) is 6.61 Å². The Morgan fingerprint density at radius 3 is 2.86 bits per heavy atom. The van der Waals surface area contributed by atoms with E-state index in [1.807, 2.05) is 7.05 Å². The molecule has 1 saturated heterocycles. The zero-order chi connectivity index (χ0) is 10.6. The molecule has 1 rings (SSSR count). The van der Waals surface area contributed by atoms with E-state index in [0.29, 0.717) is 19.1 Å². The Morgan fingerprint density at radius 2 is 2.29 bits per heavy atom. The van der Waals surface area contributed by atoms with E-state index in [1.54, 1.807) is 4.90 Å². The molecule has 0 aliphatic carbocycles. The van der Waals surface area contributed by atoms with E-state index in [4.69, 9.17) is 9.84 Å². The molecule has 1 aliphatic rings. The molecule has 1 heterocycles. The van der Waals surface area contributed by atoms with Crippen LogP contribution in [0.1, 0.15) is 6.92 Å². The molecule has 1 aliphatic heterocycles. The van der Waals surface area contributed by atoms with E-state index in [-0.39, 0.29) is 19.3 Å². The fourth-order valence-electron chi connectivity index (χ4n) is 1.44. The molecule has 82 valence electrons. The summed E-state index contributed by atoms with van der Waals surface area (Å²) in [5, 5.41) is 8.50. The molecular formula is C9H18N2O3. The Bertz CT molecular complexity index is 198. The number of rotatable bonds is 2. The summed E-state index contributed by atoms with van der Waals surface area (Å²) in [5.41, 5.74) is 0. The minimum Gasteiger partial charge on any atom is -0.447 e. The van der Waals surface area contributed by atoms with Gasteiger partial charge in [-0.25, -0.2) is 4.79 Å². The maximum Gasteiger partial charge on any atom is 0.409 e. The third-order valence-corrected chi connectivity index (χ3v) is 2.53. The van der Waals surface area contributed by atoms with E-state index in [1.165, 1.54) is 0 Å². The highest BCUT2D eigenvalue weighted by Crippen LogP contribution is 2.07. The second-order valence-corrected chi connectivity index (χ2v) is 3.61. The summed E-state index contributed by atoms with van der Waals surface area (Å²) >= 11 is 0. The van der Waals surface area contributed by atoms with E-state index < -0.39 is 0 Å². The monoisotopic (exact) mass is 202 g/mol. The first-order valence-electron chi connectivity index (χ1n) is 4.88. The van der Waals surface area contributed by atoms with Crippen molar-refractivity contribution >= 4 is 6.09 Å². The van der Waals surface area contributed by atoms with E-state index >= 15 is 0 Å². The van der Waals surface area contributed by atoms with Crippen LogP contribution in [0.4, 0.5) is 4.79 Å². The molecule has 0 saturated carbocycles. The molecule has 5 heteroatoms. The van der Waals surface area contributed by atoms with Crippen LogP contribution in [-0.2, 0) is 4.74 Å². The highest BCUT2D eigenvalue weighted by Gasteiger charge is 2.24. The van der Waals surface area contributed by atoms with Crippen LogP contribution in [0.3, 0.4) is 0 Å². The maximum atomic E-state index is 11.4. The topological polar surface area (TPSA) is 53.0 Å². The number of hydrogen-bond acceptors (Lipinski definition) is 4. The van der Waals surface area contributed by atoms with Crippen molar-refractivity contribution in [3.8, 4) is 0 Å². The molecule has 0 bridgehead atoms. The predicted octanol–water partition coefficient (Wildman–Crippen LogP) is -0.249. The zero-order valence-corrected chi connectivity index (χ0v) is 8.77. The van der Waals surface area contributed by atoms with Crippen molar-refractivity contribution in [2.24, 2.45) is 0 Å². The standard InChI is InChI=1S/C9H18N2O3/c1-8-7-11(4-3-10(8)2)9(13)14-6-5-12/h8,12H,3-7H2,1-2H3. The fraction of sp³-hybridized carbons (Fsp3) is 0.889. The quantitative estimate of drug-likeness (QED) is 0.671. The molecule has 14 heavy (non-hydrogen) atoms. The van der Waals surface area contributed by atoms with Gasteiger partial charge in [-0.2, -0.15) is 0 Å². The van der Waals surface area contributed by atoms with Crippen molar-refractivity contribution in [1.29, 1.82) is 0 Å². The Balaban J connectivity index is 2.34. The van der Waals surface area contributed by atoms with Gasteiger partial charge < -0.3 is 19.6 Å². The van der Waals surface area contributed by atoms with Crippen molar-refractivity contribution < 1.29 is 14.6 Å². The van der Waals surface area contributed by atoms with Crippen molar-refractivity contribution in [2.75, 3.05) is 39.9 Å². The van der Waals surface area contributed by atoms with Gasteiger partial charge in [0.1, 0.15) is 6.61 Å². The lowest BCUT2D eigenvalue weighted by atomic mass is 10.2. The highest BCUT2D eigenvalue weighted by atomic mass is 16.6. The normalized spacial score (nSPS) is 23.6. The molecule has 0 spiro atoms. The van der Waals surface area contributed by atoms with Crippen molar-refractivity contribution in [2.45, 2.75) is 13.0 Å². The minimum atomic E-state index is -0.320. The predicted molar refractivity (Wildman–Crippen MR) is 52.1 cm³/mol. The van der Waals surface area contributed by atoms with Crippen LogP contribution in [0.15, 0.2) is 0 Å². The van der Waals surface area contributed by atoms with Crippen molar-refractivity contribution in [3.63, 3.8) is 0 Å². The van der Waals surface area contributed by atoms with Crippen LogP contribution in [0, 0.1) is 0 Å². The van der Waals surface area contributed by atoms with Crippen LogP contribution >= 0.6 is 0 Å². The number of nitrogens with zero attached hydrogens (tertiary/aromatic N) is 2. The Labute approximate surface area is 84.2 Å². The number of ether oxygens (including phenoxy) is 1. The van der Waals surface area contributed by atoms with E-state index in [2.05, 4.69) is 11.8 Å². The van der Waals surface area contributed by atoms with Crippen LogP contribution in [-0.4, -0.2) is 66.9 Å². The number of hydrogen-bond donors (Lipinski definition) is 1. The number of carbonyl (C=O) groups is 1. The first-order valence-corrected chi connectivity index (χ1v) is 4.88. The summed E-state index contributed by atoms with van der Waals surface area (Å²) < 4.78 is 4.83. The van der Waals surface area contributed by atoms with E-state index in [0.717, 1.165) is 6.54 Å². The van der Waals surface area contributed by atoms with Gasteiger partial charge in [0.2, 0.25) is 0 Å². The molecule has 1 fully saturated rings. The first kappa shape index (κ1) is 11.3. The average Bonchev–Trinajstić information content (AvgIpc) is 2.18. The van der Waals surface area contributed by atoms with Gasteiger partial charge in [-0.1, -0.05) is 0 Å². The summed E-state index contributed by atoms with van der Waals surface area (Å²) in [7, 11) is 2.04. The second kappa shape index (κ2) is 5.17. The summed E-state index contributed by atoms with van der Waals surface area (Å²) in [4.78, 5) is 15.3. The lowest BCUT2D eigenvalue weighted by Crippen LogP contribution is -2.52. The third kappa shape index (κ3) is 2.85. The summed E-state index contributed by atoms with van der Waals surface area (Å²) in [6, 6.07) is 0.366.